The Labute approximate surface area is 363 Å². The molecule has 3 aromatic carbocycles. The molecule has 14 nitrogen and oxygen atoms in total. The standard InChI is InChI=1S/C48H58N4O10/c1-3-25-60-48-43(52(21-26-59-27-24-55)46(56)35-17-15-33(31-49)16-18-35)30-41(51-58-2)39-28-36(13-7-9-22-53)38(14-8-10-23-54)44(45(39)48)40-29-37(19-20-42(40)62-48)61-47(57)50-32-34-11-5-4-6-12-34/h3-6,11-12,15-20,28-29,36,38,43-45,53-55H,1,7-10,13-14,21-27,30,32H2,2H3,(H,50,57)/t36-,38+,43-,44+,45+,48+/m0/s1. The number of hydrogen-bond donors (Lipinski definition) is 4. The zero-order valence-corrected chi connectivity index (χ0v) is 35.3. The number of fused-ring (bicyclic) bond motifs is 2. The van der Waals surface area contributed by atoms with Crippen molar-refractivity contribution in [1.82, 2.24) is 10.2 Å². The predicted octanol–water partition coefficient (Wildman–Crippen LogP) is 6.26. The minimum atomic E-state index is -1.54. The van der Waals surface area contributed by atoms with Crippen LogP contribution in [0.1, 0.15) is 77.9 Å². The van der Waals surface area contributed by atoms with Crippen molar-refractivity contribution in [1.29, 1.82) is 5.26 Å². The summed E-state index contributed by atoms with van der Waals surface area (Å²) in [7, 11) is 1.48. The van der Waals surface area contributed by atoms with Crippen molar-refractivity contribution in [2.75, 3.05) is 53.3 Å². The van der Waals surface area contributed by atoms with Crippen LogP contribution in [0, 0.1) is 29.1 Å². The van der Waals surface area contributed by atoms with Crippen molar-refractivity contribution in [2.45, 2.75) is 69.2 Å². The molecule has 6 atom stereocenters. The summed E-state index contributed by atoms with van der Waals surface area (Å²) in [5, 5.41) is 46.3. The molecule has 0 aromatic heterocycles. The lowest BCUT2D eigenvalue weighted by molar-refractivity contribution is -0.254. The fourth-order valence-corrected chi connectivity index (χ4v) is 9.32. The number of nitrogens with one attached hydrogen (secondary N) is 1. The third-order valence-corrected chi connectivity index (χ3v) is 11.9. The molecule has 0 radical (unpaired) electrons. The van der Waals surface area contributed by atoms with Crippen LogP contribution in [0.3, 0.4) is 0 Å². The summed E-state index contributed by atoms with van der Waals surface area (Å²) in [4.78, 5) is 35.3. The van der Waals surface area contributed by atoms with Gasteiger partial charge in [-0.15, -0.1) is 6.58 Å². The van der Waals surface area contributed by atoms with Crippen LogP contribution in [-0.4, -0.2) is 103 Å². The van der Waals surface area contributed by atoms with E-state index in [4.69, 9.17) is 23.8 Å². The third kappa shape index (κ3) is 10.5. The van der Waals surface area contributed by atoms with E-state index in [9.17, 15) is 30.2 Å². The number of hydrogen-bond acceptors (Lipinski definition) is 12. The summed E-state index contributed by atoms with van der Waals surface area (Å²) < 4.78 is 25.9. The van der Waals surface area contributed by atoms with Gasteiger partial charge in [-0.2, -0.15) is 5.26 Å². The van der Waals surface area contributed by atoms with E-state index < -0.39 is 23.8 Å². The molecule has 2 aliphatic carbocycles. The lowest BCUT2D eigenvalue weighted by Crippen LogP contribution is -2.70. The van der Waals surface area contributed by atoms with Crippen molar-refractivity contribution in [3.8, 4) is 17.6 Å². The second-order valence-electron chi connectivity index (χ2n) is 15.7. The normalized spacial score (nSPS) is 22.9. The number of nitrogens with zero attached hydrogens (tertiary/aromatic N) is 3. The number of aliphatic hydroxyl groups is 3. The minimum absolute atomic E-state index is 0.000152. The summed E-state index contributed by atoms with van der Waals surface area (Å²) in [6, 6.07) is 22.5. The molecule has 1 aliphatic heterocycles. The Morgan fingerprint density at radius 2 is 1.76 bits per heavy atom. The van der Waals surface area contributed by atoms with Crippen LogP contribution in [0.25, 0.3) is 0 Å². The number of rotatable bonds is 22. The largest absolute Gasteiger partial charge is 0.459 e. The Morgan fingerprint density at radius 3 is 2.45 bits per heavy atom. The highest BCUT2D eigenvalue weighted by Crippen LogP contribution is 2.62. The predicted molar refractivity (Wildman–Crippen MR) is 231 cm³/mol. The molecule has 1 fully saturated rings. The first-order valence-corrected chi connectivity index (χ1v) is 21.4. The smallest absolute Gasteiger partial charge is 0.412 e. The van der Waals surface area contributed by atoms with Crippen LogP contribution in [0.15, 0.2) is 102 Å². The lowest BCUT2D eigenvalue weighted by atomic mass is 9.55. The highest BCUT2D eigenvalue weighted by atomic mass is 16.7. The quantitative estimate of drug-likeness (QED) is 0.0507. The average Bonchev–Trinajstić information content (AvgIpc) is 3.29. The SMILES string of the molecule is C=CCO[C@@]12Oc3ccc(OC(=O)NCc4ccccc4)cc3[C@H]3[C@H](CCCCO)[C@@H](CCCCO)C=C(C(=NOC)C[C@@H]1N(CCOCCO)C(=O)c1ccc(C#N)cc1)[C@H]32. The van der Waals surface area contributed by atoms with Crippen LogP contribution in [-0.2, 0) is 20.9 Å². The van der Waals surface area contributed by atoms with Gasteiger partial charge < -0.3 is 49.3 Å². The molecule has 0 saturated heterocycles. The molecular weight excluding hydrogens is 793 g/mol. The maximum Gasteiger partial charge on any atom is 0.412 e. The molecule has 1 saturated carbocycles. The van der Waals surface area contributed by atoms with Gasteiger partial charge in [0.25, 0.3) is 5.91 Å². The molecule has 330 valence electrons. The van der Waals surface area contributed by atoms with E-state index in [0.717, 1.165) is 42.4 Å². The van der Waals surface area contributed by atoms with Gasteiger partial charge in [-0.3, -0.25) is 4.79 Å². The van der Waals surface area contributed by atoms with Crippen molar-refractivity contribution in [3.05, 3.63) is 119 Å². The Morgan fingerprint density at radius 1 is 1.00 bits per heavy atom. The topological polar surface area (TPSA) is 192 Å². The highest BCUT2D eigenvalue weighted by Gasteiger charge is 2.65. The van der Waals surface area contributed by atoms with E-state index in [0.29, 0.717) is 41.2 Å². The van der Waals surface area contributed by atoms with Crippen LogP contribution in [0.5, 0.6) is 11.5 Å². The molecule has 3 aliphatic rings. The van der Waals surface area contributed by atoms with Gasteiger partial charge >= 0.3 is 6.09 Å². The van der Waals surface area contributed by atoms with Crippen molar-refractivity contribution >= 4 is 17.7 Å². The maximum absolute atomic E-state index is 14.9. The molecule has 1 heterocycles. The summed E-state index contributed by atoms with van der Waals surface area (Å²) in [6.07, 6.45) is 7.64. The van der Waals surface area contributed by atoms with Crippen molar-refractivity contribution < 1.29 is 48.7 Å². The van der Waals surface area contributed by atoms with Crippen LogP contribution < -0.4 is 14.8 Å². The maximum atomic E-state index is 14.9. The number of nitriles is 1. The summed E-state index contributed by atoms with van der Waals surface area (Å²) >= 11 is 0. The van der Waals surface area contributed by atoms with E-state index >= 15 is 0 Å². The number of carbonyl (C=O) groups is 2. The molecule has 0 bridgehead atoms. The Hall–Kier alpha value is -5.56. The van der Waals surface area contributed by atoms with Gasteiger partial charge in [0.15, 0.2) is 0 Å². The van der Waals surface area contributed by atoms with Gasteiger partial charge in [-0.25, -0.2) is 4.79 Å². The van der Waals surface area contributed by atoms with Crippen LogP contribution >= 0.6 is 0 Å². The van der Waals surface area contributed by atoms with Gasteiger partial charge in [-0.05, 0) is 91.1 Å². The Balaban J connectivity index is 1.53. The number of carbonyl (C=O) groups excluding carboxylic acids is 2. The van der Waals surface area contributed by atoms with Gasteiger partial charge in [0, 0.05) is 49.8 Å². The summed E-state index contributed by atoms with van der Waals surface area (Å²) in [5.41, 5.74) is 3.92. The molecular formula is C48H58N4O10. The van der Waals surface area contributed by atoms with Gasteiger partial charge in [0.05, 0.1) is 49.7 Å². The second kappa shape index (κ2) is 22.5. The number of benzene rings is 3. The number of amides is 2. The first-order chi connectivity index (χ1) is 30.3. The van der Waals surface area contributed by atoms with E-state index in [1.807, 2.05) is 36.4 Å². The van der Waals surface area contributed by atoms with Gasteiger partial charge in [0.2, 0.25) is 5.79 Å². The molecule has 3 aromatic rings. The molecule has 4 N–H and O–H groups in total. The Bertz CT molecular complexity index is 2070. The number of oxime groups is 1. The zero-order valence-electron chi connectivity index (χ0n) is 35.3. The van der Waals surface area contributed by atoms with Crippen LogP contribution in [0.2, 0.25) is 0 Å². The molecule has 14 heteroatoms. The number of allylic oxidation sites excluding steroid dienone is 1. The average molecular weight is 851 g/mol. The first-order valence-electron chi connectivity index (χ1n) is 21.4. The molecule has 2 amide bonds. The van der Waals surface area contributed by atoms with Crippen molar-refractivity contribution in [3.63, 3.8) is 0 Å². The monoisotopic (exact) mass is 850 g/mol. The minimum Gasteiger partial charge on any atom is -0.459 e. The fraction of sp³-hybridized carbons (Fsp3) is 0.458. The van der Waals surface area contributed by atoms with E-state index in [2.05, 4.69) is 29.2 Å². The van der Waals surface area contributed by atoms with Crippen molar-refractivity contribution in [2.24, 2.45) is 22.9 Å². The van der Waals surface area contributed by atoms with E-state index in [1.165, 1.54) is 7.11 Å². The lowest BCUT2D eigenvalue weighted by Gasteiger charge is -2.60. The van der Waals surface area contributed by atoms with E-state index in [-0.39, 0.29) is 82.8 Å². The number of aliphatic hydroxyl groups excluding tert-OH is 3. The van der Waals surface area contributed by atoms with Gasteiger partial charge in [-0.1, -0.05) is 60.5 Å². The Kier molecular flexibility index (Phi) is 16.7. The molecule has 0 spiro atoms. The summed E-state index contributed by atoms with van der Waals surface area (Å²) in [5.74, 6) is -2.07. The fourth-order valence-electron chi connectivity index (χ4n) is 9.32. The number of unbranched alkanes of at least 4 members (excludes halogenated alkanes) is 2. The molecule has 6 rings (SSSR count). The van der Waals surface area contributed by atoms with E-state index in [1.54, 1.807) is 47.4 Å². The van der Waals surface area contributed by atoms with Gasteiger partial charge in [0.1, 0.15) is 24.7 Å². The second-order valence-corrected chi connectivity index (χ2v) is 15.7. The molecule has 62 heavy (non-hydrogen) atoms. The first kappa shape index (κ1) is 46.0. The zero-order chi connectivity index (χ0) is 43.9. The number of ether oxygens (including phenoxy) is 4. The summed E-state index contributed by atoms with van der Waals surface area (Å²) in [6.45, 7) is 4.49. The third-order valence-electron chi connectivity index (χ3n) is 11.9. The highest BCUT2D eigenvalue weighted by molar-refractivity contribution is 6.03. The van der Waals surface area contributed by atoms with Crippen LogP contribution in [0.4, 0.5) is 4.79 Å². The molecule has 0 unspecified atom stereocenters.